The van der Waals surface area contributed by atoms with Gasteiger partial charge in [0.25, 0.3) is 12.3 Å². The molecule has 2 heterocycles. The first kappa shape index (κ1) is 22.5. The van der Waals surface area contributed by atoms with Crippen molar-refractivity contribution in [1.29, 1.82) is 0 Å². The molecule has 0 saturated heterocycles. The number of benzene rings is 1. The molecule has 31 heavy (non-hydrogen) atoms. The van der Waals surface area contributed by atoms with E-state index in [1.165, 1.54) is 6.20 Å². The average molecular weight is 433 g/mol. The van der Waals surface area contributed by atoms with Crippen LogP contribution in [0.2, 0.25) is 0 Å². The number of nitrogens with one attached hydrogen (secondary N) is 1. The molecule has 1 aromatic carbocycles. The molecule has 0 radical (unpaired) electrons. The Morgan fingerprint density at radius 2 is 2.00 bits per heavy atom. The molecular formula is C22H25F2N3O4. The molecule has 1 aromatic heterocycles. The molecule has 1 atom stereocenters. The van der Waals surface area contributed by atoms with Crippen LogP contribution in [0.15, 0.2) is 30.5 Å². The number of fused-ring (bicyclic) bond motifs is 1. The first-order valence-corrected chi connectivity index (χ1v) is 9.95. The van der Waals surface area contributed by atoms with Crippen LogP contribution in [0.5, 0.6) is 5.75 Å². The van der Waals surface area contributed by atoms with Crippen LogP contribution in [-0.2, 0) is 11.3 Å². The summed E-state index contributed by atoms with van der Waals surface area (Å²) in [6, 6.07) is 6.53. The van der Waals surface area contributed by atoms with Gasteiger partial charge in [0.15, 0.2) is 0 Å². The van der Waals surface area contributed by atoms with Gasteiger partial charge in [0.05, 0.1) is 18.7 Å². The number of carbonyl (C=O) groups excluding carboxylic acids is 2. The van der Waals surface area contributed by atoms with E-state index in [0.29, 0.717) is 22.4 Å². The lowest BCUT2D eigenvalue weighted by molar-refractivity contribution is 0.0714. The third kappa shape index (κ3) is 5.10. The van der Waals surface area contributed by atoms with Crippen LogP contribution in [0.25, 0.3) is 0 Å². The van der Waals surface area contributed by atoms with Crippen LogP contribution in [0.3, 0.4) is 0 Å². The Morgan fingerprint density at radius 3 is 2.65 bits per heavy atom. The number of aryl methyl sites for hydroxylation is 1. The predicted octanol–water partition coefficient (Wildman–Crippen LogP) is 4.71. The molecule has 0 spiro atoms. The van der Waals surface area contributed by atoms with Crippen LogP contribution < -0.4 is 10.1 Å². The summed E-state index contributed by atoms with van der Waals surface area (Å²) in [5, 5.41) is 2.60. The standard InChI is InChI=1S/C22H25F2N3O4/c1-12(2)31-22(29)26-20-17-10-27(21(28)16(17)7-8-25-20)14(4)15-5-6-18(13(3)9-15)30-11-19(23)24/h5-9,12,14,19H,10-11H2,1-4H3,(H,25,26,29). The van der Waals surface area contributed by atoms with Crippen LogP contribution in [-0.4, -0.2) is 41.0 Å². The number of amides is 2. The zero-order valence-corrected chi connectivity index (χ0v) is 17.8. The van der Waals surface area contributed by atoms with Crippen LogP contribution in [0.1, 0.15) is 53.9 Å². The lowest BCUT2D eigenvalue weighted by atomic mass is 10.0. The highest BCUT2D eigenvalue weighted by Gasteiger charge is 2.34. The number of nitrogens with zero attached hydrogens (tertiary/aromatic N) is 2. The molecule has 1 N–H and O–H groups in total. The summed E-state index contributed by atoms with van der Waals surface area (Å²) in [4.78, 5) is 30.8. The maximum Gasteiger partial charge on any atom is 0.413 e. The second-order valence-electron chi connectivity index (χ2n) is 7.60. The molecule has 0 fully saturated rings. The quantitative estimate of drug-likeness (QED) is 0.684. The van der Waals surface area contributed by atoms with Gasteiger partial charge in [0.1, 0.15) is 18.2 Å². The Hall–Kier alpha value is -3.23. The lowest BCUT2D eigenvalue weighted by Gasteiger charge is -2.25. The summed E-state index contributed by atoms with van der Waals surface area (Å²) < 4.78 is 35.0. The van der Waals surface area contributed by atoms with Crippen molar-refractivity contribution in [1.82, 2.24) is 9.88 Å². The Bertz CT molecular complexity index is 981. The number of carbonyl (C=O) groups is 2. The van der Waals surface area contributed by atoms with E-state index in [1.54, 1.807) is 43.9 Å². The zero-order valence-electron chi connectivity index (χ0n) is 17.8. The van der Waals surface area contributed by atoms with Gasteiger partial charge < -0.3 is 14.4 Å². The van der Waals surface area contributed by atoms with E-state index in [1.807, 2.05) is 13.0 Å². The average Bonchev–Trinajstić information content (AvgIpc) is 3.03. The predicted molar refractivity (Wildman–Crippen MR) is 110 cm³/mol. The molecule has 2 aromatic rings. The molecular weight excluding hydrogens is 408 g/mol. The smallest absolute Gasteiger partial charge is 0.413 e. The summed E-state index contributed by atoms with van der Waals surface area (Å²) in [6.07, 6.45) is -2.00. The zero-order chi connectivity index (χ0) is 22.7. The summed E-state index contributed by atoms with van der Waals surface area (Å²) >= 11 is 0. The summed E-state index contributed by atoms with van der Waals surface area (Å²) in [7, 11) is 0. The van der Waals surface area contributed by atoms with Gasteiger partial charge in [0.2, 0.25) is 0 Å². The first-order chi connectivity index (χ1) is 14.7. The lowest BCUT2D eigenvalue weighted by Crippen LogP contribution is -2.27. The molecule has 3 rings (SSSR count). The van der Waals surface area contributed by atoms with Crippen molar-refractivity contribution in [2.75, 3.05) is 11.9 Å². The number of pyridine rings is 1. The van der Waals surface area contributed by atoms with Crippen molar-refractivity contribution in [2.24, 2.45) is 0 Å². The third-order valence-electron chi connectivity index (χ3n) is 4.95. The fourth-order valence-electron chi connectivity index (χ4n) is 3.44. The van der Waals surface area contributed by atoms with E-state index in [9.17, 15) is 18.4 Å². The highest BCUT2D eigenvalue weighted by molar-refractivity contribution is 6.01. The number of alkyl halides is 2. The Balaban J connectivity index is 1.78. The maximum atomic E-state index is 13.0. The van der Waals surface area contributed by atoms with Crippen molar-refractivity contribution >= 4 is 17.8 Å². The second kappa shape index (κ2) is 9.28. The molecule has 0 bridgehead atoms. The number of hydrogen-bond donors (Lipinski definition) is 1. The van der Waals surface area contributed by atoms with Crippen molar-refractivity contribution in [3.8, 4) is 5.75 Å². The van der Waals surface area contributed by atoms with E-state index in [-0.39, 0.29) is 30.4 Å². The molecule has 1 unspecified atom stereocenters. The normalized spacial score (nSPS) is 14.1. The third-order valence-corrected chi connectivity index (χ3v) is 4.95. The van der Waals surface area contributed by atoms with Crippen molar-refractivity contribution in [3.63, 3.8) is 0 Å². The van der Waals surface area contributed by atoms with Gasteiger partial charge in [-0.3, -0.25) is 10.1 Å². The van der Waals surface area contributed by atoms with E-state index < -0.39 is 19.1 Å². The van der Waals surface area contributed by atoms with Gasteiger partial charge in [0, 0.05) is 17.3 Å². The summed E-state index contributed by atoms with van der Waals surface area (Å²) in [5.74, 6) is 0.491. The van der Waals surface area contributed by atoms with Crippen LogP contribution >= 0.6 is 0 Å². The maximum absolute atomic E-state index is 13.0. The minimum absolute atomic E-state index is 0.180. The minimum Gasteiger partial charge on any atom is -0.487 e. The number of anilines is 1. The molecule has 0 saturated carbocycles. The van der Waals surface area contributed by atoms with Gasteiger partial charge in [-0.25, -0.2) is 18.6 Å². The molecule has 1 aliphatic rings. The Labute approximate surface area is 179 Å². The Kier molecular flexibility index (Phi) is 6.72. The van der Waals surface area contributed by atoms with Crippen molar-refractivity contribution < 1.29 is 27.8 Å². The highest BCUT2D eigenvalue weighted by Crippen LogP contribution is 2.35. The summed E-state index contributed by atoms with van der Waals surface area (Å²) in [6.45, 7) is 6.72. The molecule has 0 aliphatic carbocycles. The van der Waals surface area contributed by atoms with Gasteiger partial charge in [-0.2, -0.15) is 0 Å². The summed E-state index contributed by atoms with van der Waals surface area (Å²) in [5.41, 5.74) is 2.63. The van der Waals surface area contributed by atoms with Gasteiger partial charge in [-0.1, -0.05) is 12.1 Å². The van der Waals surface area contributed by atoms with Crippen LogP contribution in [0, 0.1) is 6.92 Å². The molecule has 1 aliphatic heterocycles. The number of ether oxygens (including phenoxy) is 2. The number of aromatic nitrogens is 1. The highest BCUT2D eigenvalue weighted by atomic mass is 19.3. The van der Waals surface area contributed by atoms with E-state index in [4.69, 9.17) is 9.47 Å². The Morgan fingerprint density at radius 1 is 1.26 bits per heavy atom. The second-order valence-corrected chi connectivity index (χ2v) is 7.60. The minimum atomic E-state index is -2.55. The topological polar surface area (TPSA) is 80.8 Å². The van der Waals surface area contributed by atoms with Crippen molar-refractivity contribution in [3.05, 3.63) is 52.7 Å². The van der Waals surface area contributed by atoms with Gasteiger partial charge in [-0.05, 0) is 51.0 Å². The fourth-order valence-corrected chi connectivity index (χ4v) is 3.44. The van der Waals surface area contributed by atoms with Crippen LogP contribution in [0.4, 0.5) is 19.4 Å². The van der Waals surface area contributed by atoms with Gasteiger partial charge >= 0.3 is 6.09 Å². The van der Waals surface area contributed by atoms with Gasteiger partial charge in [-0.15, -0.1) is 0 Å². The SMILES string of the molecule is Cc1cc(C(C)N2Cc3c(ccnc3NC(=O)OC(C)C)C2=O)ccc1OCC(F)F. The van der Waals surface area contributed by atoms with Crippen molar-refractivity contribution in [2.45, 2.75) is 52.8 Å². The van der Waals surface area contributed by atoms with E-state index in [0.717, 1.165) is 5.56 Å². The molecule has 2 amide bonds. The number of halogens is 2. The first-order valence-electron chi connectivity index (χ1n) is 9.95. The monoisotopic (exact) mass is 433 g/mol. The largest absolute Gasteiger partial charge is 0.487 e. The number of rotatable bonds is 7. The van der Waals surface area contributed by atoms with E-state index in [2.05, 4.69) is 10.3 Å². The molecule has 9 heteroatoms. The fraction of sp³-hybridized carbons (Fsp3) is 0.409. The number of hydrogen-bond acceptors (Lipinski definition) is 5. The van der Waals surface area contributed by atoms with E-state index >= 15 is 0 Å². The molecule has 166 valence electrons. The molecule has 7 nitrogen and oxygen atoms in total.